The first kappa shape index (κ1) is 14.9. The van der Waals surface area contributed by atoms with Gasteiger partial charge in [-0.05, 0) is 26.2 Å². The first-order chi connectivity index (χ1) is 9.76. The highest BCUT2D eigenvalue weighted by Crippen LogP contribution is 2.34. The monoisotopic (exact) mass is 278 g/mol. The molecule has 5 heteroatoms. The molecule has 0 spiro atoms. The normalized spacial score (nSPS) is 16.1. The van der Waals surface area contributed by atoms with Gasteiger partial charge in [-0.2, -0.15) is 4.98 Å². The Kier molecular flexibility index (Phi) is 5.44. The van der Waals surface area contributed by atoms with Gasteiger partial charge in [-0.15, -0.1) is 0 Å². The lowest BCUT2D eigenvalue weighted by molar-refractivity contribution is 0.303. The molecule has 1 saturated carbocycles. The average molecular weight is 278 g/mol. The summed E-state index contributed by atoms with van der Waals surface area (Å²) < 4.78 is 5.69. The van der Waals surface area contributed by atoms with E-state index in [9.17, 15) is 0 Å². The molecule has 5 nitrogen and oxygen atoms in total. The van der Waals surface area contributed by atoms with Gasteiger partial charge in [0.1, 0.15) is 11.5 Å². The fraction of sp³-hybridized carbons (Fsp3) is 0.733. The van der Waals surface area contributed by atoms with Crippen molar-refractivity contribution in [3.8, 4) is 5.88 Å². The van der Waals surface area contributed by atoms with Crippen molar-refractivity contribution in [2.75, 3.05) is 24.2 Å². The Morgan fingerprint density at radius 2 is 1.95 bits per heavy atom. The van der Waals surface area contributed by atoms with E-state index in [0.29, 0.717) is 29.9 Å². The molecule has 0 saturated heterocycles. The summed E-state index contributed by atoms with van der Waals surface area (Å²) in [5, 5.41) is 3.22. The maximum atomic E-state index is 6.10. The number of nitrogen functional groups attached to an aromatic ring is 1. The fourth-order valence-electron chi connectivity index (χ4n) is 2.62. The highest BCUT2D eigenvalue weighted by molar-refractivity contribution is 5.67. The molecule has 1 aliphatic carbocycles. The molecule has 1 fully saturated rings. The van der Waals surface area contributed by atoms with E-state index >= 15 is 0 Å². The Balaban J connectivity index is 2.27. The second-order valence-electron chi connectivity index (χ2n) is 5.36. The Hall–Kier alpha value is -1.52. The number of ether oxygens (including phenoxy) is 1. The van der Waals surface area contributed by atoms with Crippen LogP contribution in [0.2, 0.25) is 0 Å². The van der Waals surface area contributed by atoms with Crippen molar-refractivity contribution in [1.29, 1.82) is 0 Å². The van der Waals surface area contributed by atoms with E-state index in [1.807, 2.05) is 6.92 Å². The number of nitrogens with one attached hydrogen (secondary N) is 1. The van der Waals surface area contributed by atoms with Gasteiger partial charge in [0.15, 0.2) is 5.82 Å². The molecule has 0 unspecified atom stereocenters. The quantitative estimate of drug-likeness (QED) is 0.835. The summed E-state index contributed by atoms with van der Waals surface area (Å²) >= 11 is 0. The number of nitrogens with zero attached hydrogens (tertiary/aromatic N) is 2. The van der Waals surface area contributed by atoms with Crippen molar-refractivity contribution in [1.82, 2.24) is 9.97 Å². The number of hydrogen-bond acceptors (Lipinski definition) is 5. The fourth-order valence-corrected chi connectivity index (χ4v) is 2.62. The lowest BCUT2D eigenvalue weighted by atomic mass is 9.88. The van der Waals surface area contributed by atoms with Crippen LogP contribution in [0.3, 0.4) is 0 Å². The van der Waals surface area contributed by atoms with Crippen molar-refractivity contribution < 1.29 is 4.74 Å². The molecule has 1 aliphatic rings. The standard InChI is InChI=1S/C15H26N4O/c1-3-10-20-15-12(16)14(17-4-2)18-13(19-15)11-8-6-5-7-9-11/h11H,3-10,16H2,1-2H3,(H,17,18,19). The minimum absolute atomic E-state index is 0.450. The lowest BCUT2D eigenvalue weighted by Gasteiger charge is -2.22. The zero-order chi connectivity index (χ0) is 14.4. The van der Waals surface area contributed by atoms with Crippen LogP contribution >= 0.6 is 0 Å². The molecule has 0 bridgehead atoms. The molecular formula is C15H26N4O. The van der Waals surface area contributed by atoms with Crippen LogP contribution in [0.5, 0.6) is 5.88 Å². The SMILES string of the molecule is CCCOc1nc(C2CCCCC2)nc(NCC)c1N. The smallest absolute Gasteiger partial charge is 0.242 e. The predicted octanol–water partition coefficient (Wildman–Crippen LogP) is 3.33. The summed E-state index contributed by atoms with van der Waals surface area (Å²) in [5.74, 6) is 2.60. The van der Waals surface area contributed by atoms with Crippen LogP contribution in [-0.2, 0) is 0 Å². The van der Waals surface area contributed by atoms with Gasteiger partial charge >= 0.3 is 0 Å². The lowest BCUT2D eigenvalue weighted by Crippen LogP contribution is -2.14. The van der Waals surface area contributed by atoms with Gasteiger partial charge in [0.25, 0.3) is 0 Å². The van der Waals surface area contributed by atoms with Crippen molar-refractivity contribution in [3.05, 3.63) is 5.82 Å². The molecule has 1 heterocycles. The second kappa shape index (κ2) is 7.31. The summed E-state index contributed by atoms with van der Waals surface area (Å²) in [6, 6.07) is 0. The zero-order valence-corrected chi connectivity index (χ0v) is 12.6. The van der Waals surface area contributed by atoms with Gasteiger partial charge in [-0.1, -0.05) is 26.2 Å². The van der Waals surface area contributed by atoms with Crippen LogP contribution in [0.1, 0.15) is 64.1 Å². The molecule has 20 heavy (non-hydrogen) atoms. The van der Waals surface area contributed by atoms with Crippen molar-refractivity contribution in [3.63, 3.8) is 0 Å². The second-order valence-corrected chi connectivity index (χ2v) is 5.36. The Morgan fingerprint density at radius 3 is 2.60 bits per heavy atom. The Morgan fingerprint density at radius 1 is 1.20 bits per heavy atom. The predicted molar refractivity (Wildman–Crippen MR) is 82.2 cm³/mol. The minimum Gasteiger partial charge on any atom is -0.476 e. The van der Waals surface area contributed by atoms with Gasteiger partial charge in [0.05, 0.1) is 6.61 Å². The van der Waals surface area contributed by atoms with Crippen molar-refractivity contribution in [2.24, 2.45) is 0 Å². The topological polar surface area (TPSA) is 73.1 Å². The third-order valence-corrected chi connectivity index (χ3v) is 3.69. The molecular weight excluding hydrogens is 252 g/mol. The van der Waals surface area contributed by atoms with E-state index < -0.39 is 0 Å². The minimum atomic E-state index is 0.450. The molecule has 0 amide bonds. The third kappa shape index (κ3) is 3.52. The van der Waals surface area contributed by atoms with E-state index in [4.69, 9.17) is 10.5 Å². The largest absolute Gasteiger partial charge is 0.476 e. The van der Waals surface area contributed by atoms with Gasteiger partial charge in [0.2, 0.25) is 5.88 Å². The van der Waals surface area contributed by atoms with Crippen LogP contribution in [0.4, 0.5) is 11.5 Å². The number of nitrogens with two attached hydrogens (primary N) is 1. The summed E-state index contributed by atoms with van der Waals surface area (Å²) in [4.78, 5) is 9.21. The van der Waals surface area contributed by atoms with Crippen molar-refractivity contribution in [2.45, 2.75) is 58.3 Å². The Labute approximate surface area is 121 Å². The van der Waals surface area contributed by atoms with Gasteiger partial charge in [-0.3, -0.25) is 0 Å². The van der Waals surface area contributed by atoms with Gasteiger partial charge in [0, 0.05) is 12.5 Å². The van der Waals surface area contributed by atoms with Crippen molar-refractivity contribution >= 4 is 11.5 Å². The van der Waals surface area contributed by atoms with E-state index in [1.165, 1.54) is 32.1 Å². The molecule has 0 aliphatic heterocycles. The van der Waals surface area contributed by atoms with E-state index in [0.717, 1.165) is 18.8 Å². The molecule has 0 radical (unpaired) electrons. The first-order valence-corrected chi connectivity index (χ1v) is 7.80. The van der Waals surface area contributed by atoms with Crippen LogP contribution in [-0.4, -0.2) is 23.1 Å². The van der Waals surface area contributed by atoms with Gasteiger partial charge < -0.3 is 15.8 Å². The molecule has 3 N–H and O–H groups in total. The van der Waals surface area contributed by atoms with Crippen LogP contribution in [0.15, 0.2) is 0 Å². The number of hydrogen-bond donors (Lipinski definition) is 2. The number of aromatic nitrogens is 2. The number of rotatable bonds is 6. The summed E-state index contributed by atoms with van der Waals surface area (Å²) in [6.07, 6.45) is 7.13. The van der Waals surface area contributed by atoms with Crippen LogP contribution in [0, 0.1) is 0 Å². The first-order valence-electron chi connectivity index (χ1n) is 7.80. The summed E-state index contributed by atoms with van der Waals surface area (Å²) in [6.45, 7) is 5.54. The molecule has 112 valence electrons. The van der Waals surface area contributed by atoms with E-state index in [2.05, 4.69) is 22.2 Å². The average Bonchev–Trinajstić information content (AvgIpc) is 2.49. The van der Waals surface area contributed by atoms with Crippen LogP contribution < -0.4 is 15.8 Å². The third-order valence-electron chi connectivity index (χ3n) is 3.69. The molecule has 1 aromatic heterocycles. The highest BCUT2D eigenvalue weighted by atomic mass is 16.5. The summed E-state index contributed by atoms with van der Waals surface area (Å²) in [5.41, 5.74) is 6.62. The molecule has 2 rings (SSSR count). The maximum Gasteiger partial charge on any atom is 0.242 e. The maximum absolute atomic E-state index is 6.10. The zero-order valence-electron chi connectivity index (χ0n) is 12.6. The van der Waals surface area contributed by atoms with Gasteiger partial charge in [-0.25, -0.2) is 4.98 Å². The summed E-state index contributed by atoms with van der Waals surface area (Å²) in [7, 11) is 0. The highest BCUT2D eigenvalue weighted by Gasteiger charge is 2.21. The van der Waals surface area contributed by atoms with Crippen LogP contribution in [0.25, 0.3) is 0 Å². The van der Waals surface area contributed by atoms with E-state index in [-0.39, 0.29) is 0 Å². The molecule has 0 atom stereocenters. The van der Waals surface area contributed by atoms with E-state index in [1.54, 1.807) is 0 Å². The number of anilines is 2. The Bertz CT molecular complexity index is 430. The molecule has 0 aromatic carbocycles. The molecule has 1 aromatic rings.